The van der Waals surface area contributed by atoms with Crippen LogP contribution in [0.3, 0.4) is 0 Å². The maximum atomic E-state index is 13.8. The Hall–Kier alpha value is -8.44. The molecule has 7 heterocycles. The fraction of sp³-hybridized carbons (Fsp3) is 0.500. The van der Waals surface area contributed by atoms with Crippen molar-refractivity contribution >= 4 is 64.4 Å². The number of benzene rings is 2. The fourth-order valence-electron chi connectivity index (χ4n) is 10.9. The quantitative estimate of drug-likeness (QED) is 0.0375. The second kappa shape index (κ2) is 26.5. The lowest BCUT2D eigenvalue weighted by Crippen LogP contribution is -2.64. The first-order valence-corrected chi connectivity index (χ1v) is 28.1. The number of piperazine rings is 1. The van der Waals surface area contributed by atoms with Gasteiger partial charge in [0.15, 0.2) is 24.0 Å². The first-order valence-electron chi connectivity index (χ1n) is 28.1. The SMILES string of the molecule is CCc1c2c(nc3ccc(OC(=O)N4CCN(C(=O)OCc5ccc(O[C@@H]6O[C@H](C(=O)O)[C@@H](O)[C@H](O)[C@H]6O)c(NC(=O)CCNC(=O)[C@@H](N)CCCC(=O)N[C@H]6O[C@H](C(=O)O)[C@@H](O)[C@H](O)[C@H]6O)c5)CC4)cc13)-c1cc3c(c(=O)n1C2)COC(=O)[C@]3(O)CC. The summed E-state index contributed by atoms with van der Waals surface area (Å²) in [6, 6.07) is 9.35. The Balaban J connectivity index is 0.780. The van der Waals surface area contributed by atoms with Gasteiger partial charge in [-0.3, -0.25) is 19.2 Å². The second-order valence-corrected chi connectivity index (χ2v) is 21.6. The van der Waals surface area contributed by atoms with Crippen LogP contribution >= 0.6 is 0 Å². The van der Waals surface area contributed by atoms with Crippen LogP contribution in [0.25, 0.3) is 22.3 Å². The van der Waals surface area contributed by atoms with Crippen molar-refractivity contribution in [2.24, 2.45) is 5.73 Å². The Labute approximate surface area is 498 Å². The van der Waals surface area contributed by atoms with E-state index in [-0.39, 0.29) is 105 Å². The van der Waals surface area contributed by atoms with E-state index < -0.39 is 139 Å². The Morgan fingerprint density at radius 2 is 1.47 bits per heavy atom. The van der Waals surface area contributed by atoms with Gasteiger partial charge in [0, 0.05) is 62.1 Å². The highest BCUT2D eigenvalue weighted by Gasteiger charge is 2.50. The number of aromatic nitrogens is 2. The predicted octanol–water partition coefficient (Wildman–Crippen LogP) is -2.68. The molecule has 474 valence electrons. The monoisotopic (exact) mass is 1230 g/mol. The maximum absolute atomic E-state index is 13.8. The third-order valence-corrected chi connectivity index (χ3v) is 15.9. The number of hydrogen-bond acceptors (Lipinski definition) is 24. The maximum Gasteiger partial charge on any atom is 0.415 e. The number of carbonyl (C=O) groups excluding carboxylic acids is 6. The standard InChI is InChI=1S/C56H66N8O24/c1-3-26-27-19-25(9-10-32(27)60-38-28(26)21-64-34(38)20-30-29(49(64)74)23-83-53(79)56(30,82)4-2)85-55(81)63-16-14-62(15-17-63)54(80)84-22-24-8-11-35(86-52-44(72)40(68)42(70)46(88-52)51(77)78)33(18-24)59-37(66)12-13-58-47(73)31(57)6-5-7-36(65)61-48-43(71)39(67)41(69)45(87-48)50(75)76/h8-11,18-20,31,39-46,48,52,67-72,82H,3-7,12-17,21-23,57H2,1-2H3,(H,58,73)(H,59,66)(H,61,65)(H,75,76)(H,77,78)/t31-,39-,40-,41-,42-,43+,44+,45-,46-,48-,52+,56-/m0/s1. The molecule has 0 radical (unpaired) electrons. The molecule has 4 aromatic rings. The van der Waals surface area contributed by atoms with Gasteiger partial charge in [-0.2, -0.15) is 0 Å². The average molecular weight is 1240 g/mol. The van der Waals surface area contributed by atoms with Gasteiger partial charge >= 0.3 is 30.1 Å². The summed E-state index contributed by atoms with van der Waals surface area (Å²) in [6.45, 7) is 2.96. The summed E-state index contributed by atoms with van der Waals surface area (Å²) in [7, 11) is 0. The first-order chi connectivity index (χ1) is 41.8. The lowest BCUT2D eigenvalue weighted by atomic mass is 9.86. The summed E-state index contributed by atoms with van der Waals surface area (Å²) >= 11 is 0. The van der Waals surface area contributed by atoms with Crippen molar-refractivity contribution in [3.8, 4) is 22.9 Å². The lowest BCUT2D eigenvalue weighted by Gasteiger charge is -2.38. The van der Waals surface area contributed by atoms with Crippen LogP contribution in [0.2, 0.25) is 0 Å². The zero-order valence-corrected chi connectivity index (χ0v) is 47.3. The molecular weight excluding hydrogens is 1170 g/mol. The number of nitrogens with zero attached hydrogens (tertiary/aromatic N) is 4. The van der Waals surface area contributed by atoms with Gasteiger partial charge in [0.1, 0.15) is 61.3 Å². The molecule has 2 aromatic heterocycles. The van der Waals surface area contributed by atoms with Crippen LogP contribution in [0, 0.1) is 0 Å². The van der Waals surface area contributed by atoms with Gasteiger partial charge in [-0.1, -0.05) is 19.9 Å². The molecule has 88 heavy (non-hydrogen) atoms. The smallest absolute Gasteiger partial charge is 0.415 e. The van der Waals surface area contributed by atoms with Crippen LogP contribution in [0.1, 0.15) is 73.8 Å². The molecule has 0 unspecified atom stereocenters. The van der Waals surface area contributed by atoms with Crippen molar-refractivity contribution in [2.45, 2.75) is 145 Å². The number of aliphatic hydroxyl groups is 7. The van der Waals surface area contributed by atoms with Crippen LogP contribution in [0.5, 0.6) is 11.5 Å². The van der Waals surface area contributed by atoms with Crippen molar-refractivity contribution in [3.05, 3.63) is 80.6 Å². The average Bonchev–Trinajstić information content (AvgIpc) is 1.99. The van der Waals surface area contributed by atoms with Crippen molar-refractivity contribution in [1.29, 1.82) is 0 Å². The minimum absolute atomic E-state index is 0.00194. The molecule has 0 saturated carbocycles. The summed E-state index contributed by atoms with van der Waals surface area (Å²) in [5, 5.41) is 99.3. The summed E-state index contributed by atoms with van der Waals surface area (Å²) in [4.78, 5) is 123. The number of aryl methyl sites for hydroxylation is 1. The third-order valence-electron chi connectivity index (χ3n) is 15.9. The second-order valence-electron chi connectivity index (χ2n) is 21.6. The number of carboxylic acid groups (broad SMARTS) is 2. The molecule has 2 aromatic carbocycles. The number of hydrogen-bond donors (Lipinski definition) is 13. The minimum atomic E-state index is -2.05. The highest BCUT2D eigenvalue weighted by atomic mass is 16.7. The van der Waals surface area contributed by atoms with E-state index in [4.69, 9.17) is 39.1 Å². The number of aliphatic carboxylic acids is 2. The van der Waals surface area contributed by atoms with E-state index in [0.29, 0.717) is 28.7 Å². The van der Waals surface area contributed by atoms with E-state index in [1.54, 1.807) is 35.8 Å². The molecule has 5 aliphatic heterocycles. The summed E-state index contributed by atoms with van der Waals surface area (Å²) in [5.41, 5.74) is 7.26. The van der Waals surface area contributed by atoms with Crippen LogP contribution in [-0.2, 0) is 79.5 Å². The number of pyridine rings is 2. The number of nitrogens with two attached hydrogens (primary N) is 1. The van der Waals surface area contributed by atoms with Crippen LogP contribution in [0.15, 0.2) is 47.3 Å². The van der Waals surface area contributed by atoms with Crippen LogP contribution in [0.4, 0.5) is 15.3 Å². The van der Waals surface area contributed by atoms with E-state index in [9.17, 15) is 89.1 Å². The Kier molecular flexibility index (Phi) is 19.3. The van der Waals surface area contributed by atoms with Crippen LogP contribution in [-0.4, -0.2) is 213 Å². The largest absolute Gasteiger partial charge is 0.479 e. The molecule has 12 atom stereocenters. The topological polar surface area (TPSA) is 477 Å². The molecule has 9 rings (SSSR count). The molecule has 0 bridgehead atoms. The third kappa shape index (κ3) is 13.1. The van der Waals surface area contributed by atoms with Crippen molar-refractivity contribution in [2.75, 3.05) is 38.0 Å². The number of esters is 1. The van der Waals surface area contributed by atoms with E-state index in [1.165, 1.54) is 28.0 Å². The fourth-order valence-corrected chi connectivity index (χ4v) is 10.9. The Morgan fingerprint density at radius 3 is 2.14 bits per heavy atom. The van der Waals surface area contributed by atoms with Gasteiger partial charge in [-0.15, -0.1) is 0 Å². The van der Waals surface area contributed by atoms with Crippen molar-refractivity contribution < 1.29 is 113 Å². The Morgan fingerprint density at radius 1 is 0.795 bits per heavy atom. The molecular formula is C56H66N8O24. The Bertz CT molecular complexity index is 3470. The predicted molar refractivity (Wildman–Crippen MR) is 295 cm³/mol. The molecule has 3 saturated heterocycles. The van der Waals surface area contributed by atoms with Gasteiger partial charge in [-0.25, -0.2) is 29.0 Å². The molecule has 5 amide bonds. The number of aliphatic hydroxyl groups excluding tert-OH is 6. The number of anilines is 1. The number of carbonyl (C=O) groups is 8. The van der Waals surface area contributed by atoms with Gasteiger partial charge in [0.05, 0.1) is 40.7 Å². The normalized spacial score (nSPS) is 25.9. The van der Waals surface area contributed by atoms with Crippen molar-refractivity contribution in [1.82, 2.24) is 30.0 Å². The number of cyclic esters (lactones) is 1. The van der Waals surface area contributed by atoms with E-state index in [2.05, 4.69) is 16.0 Å². The summed E-state index contributed by atoms with van der Waals surface area (Å²) in [6.07, 6.45) is -21.1. The zero-order chi connectivity index (χ0) is 63.6. The molecule has 14 N–H and O–H groups in total. The highest BCUT2D eigenvalue weighted by molar-refractivity contribution is 5.93. The van der Waals surface area contributed by atoms with Crippen molar-refractivity contribution in [3.63, 3.8) is 0 Å². The van der Waals surface area contributed by atoms with E-state index >= 15 is 0 Å². The van der Waals surface area contributed by atoms with E-state index in [1.807, 2.05) is 6.92 Å². The summed E-state index contributed by atoms with van der Waals surface area (Å²) in [5.74, 6) is -6.44. The lowest BCUT2D eigenvalue weighted by molar-refractivity contribution is -0.271. The van der Waals surface area contributed by atoms with Gasteiger partial charge < -0.3 is 110 Å². The number of fused-ring (bicyclic) bond motifs is 5. The van der Waals surface area contributed by atoms with Gasteiger partial charge in [-0.05, 0) is 73.2 Å². The van der Waals surface area contributed by atoms with Crippen LogP contribution < -0.4 is 36.7 Å². The molecule has 32 heteroatoms. The number of amides is 5. The minimum Gasteiger partial charge on any atom is -0.479 e. The first kappa shape index (κ1) is 64.0. The van der Waals surface area contributed by atoms with E-state index in [0.717, 1.165) is 11.1 Å². The highest BCUT2D eigenvalue weighted by Crippen LogP contribution is 2.41. The molecule has 32 nitrogen and oxygen atoms in total. The zero-order valence-electron chi connectivity index (χ0n) is 47.3. The molecule has 5 aliphatic rings. The molecule has 0 spiro atoms. The van der Waals surface area contributed by atoms with Gasteiger partial charge in [0.2, 0.25) is 24.0 Å². The number of ether oxygens (including phenoxy) is 6. The molecule has 0 aliphatic carbocycles. The van der Waals surface area contributed by atoms with Gasteiger partial charge in [0.25, 0.3) is 5.56 Å². The number of nitrogens with one attached hydrogen (secondary N) is 3. The molecule has 3 fully saturated rings. The summed E-state index contributed by atoms with van der Waals surface area (Å²) < 4.78 is 34.2. The number of carboxylic acids is 2. The number of rotatable bonds is 19.